The van der Waals surface area contributed by atoms with Gasteiger partial charge in [0.2, 0.25) is 0 Å². The van der Waals surface area contributed by atoms with Gasteiger partial charge in [-0.25, -0.2) is 0 Å². The molecular weight excluding hydrogens is 280 g/mol. The Morgan fingerprint density at radius 3 is 2.47 bits per heavy atom. The van der Waals surface area contributed by atoms with Crippen LogP contribution in [-0.4, -0.2) is 0 Å². The summed E-state index contributed by atoms with van der Waals surface area (Å²) >= 11 is 3.34. The molecule has 84 valence electrons. The second-order valence-corrected chi connectivity index (χ2v) is 4.34. The maximum atomic E-state index is 8.97. The molecule has 0 bridgehead atoms. The number of hydrogen-bond acceptors (Lipinski definition) is 3. The van der Waals surface area contributed by atoms with E-state index in [4.69, 9.17) is 15.7 Å². The van der Waals surface area contributed by atoms with E-state index in [1.165, 1.54) is 0 Å². The third kappa shape index (κ3) is 2.77. The molecule has 0 unspecified atom stereocenters. The van der Waals surface area contributed by atoms with E-state index in [1.54, 1.807) is 42.5 Å². The van der Waals surface area contributed by atoms with E-state index in [0.717, 1.165) is 4.47 Å². The Labute approximate surface area is 108 Å². The minimum atomic E-state index is 0.491. The van der Waals surface area contributed by atoms with Gasteiger partial charge in [0.15, 0.2) is 0 Å². The van der Waals surface area contributed by atoms with Crippen LogP contribution in [0.25, 0.3) is 0 Å². The molecule has 0 saturated carbocycles. The number of anilines is 1. The largest absolute Gasteiger partial charge is 0.456 e. The highest BCUT2D eigenvalue weighted by molar-refractivity contribution is 9.10. The second-order valence-electron chi connectivity index (χ2n) is 3.42. The Kier molecular flexibility index (Phi) is 3.31. The lowest BCUT2D eigenvalue weighted by molar-refractivity contribution is 0.481. The summed E-state index contributed by atoms with van der Waals surface area (Å²) in [5, 5.41) is 8.97. The molecule has 2 aromatic rings. The van der Waals surface area contributed by atoms with Gasteiger partial charge in [-0.3, -0.25) is 0 Å². The average Bonchev–Trinajstić information content (AvgIpc) is 2.32. The predicted molar refractivity (Wildman–Crippen MR) is 69.8 cm³/mol. The zero-order valence-electron chi connectivity index (χ0n) is 8.85. The van der Waals surface area contributed by atoms with E-state index < -0.39 is 0 Å². The van der Waals surface area contributed by atoms with Crippen molar-refractivity contribution >= 4 is 21.6 Å². The van der Waals surface area contributed by atoms with Crippen LogP contribution in [0.3, 0.4) is 0 Å². The summed E-state index contributed by atoms with van der Waals surface area (Å²) in [5.74, 6) is 1.17. The molecule has 0 heterocycles. The van der Waals surface area contributed by atoms with Crippen molar-refractivity contribution in [2.45, 2.75) is 0 Å². The van der Waals surface area contributed by atoms with Crippen molar-refractivity contribution in [3.05, 3.63) is 52.5 Å². The lowest BCUT2D eigenvalue weighted by Gasteiger charge is -2.07. The van der Waals surface area contributed by atoms with E-state index >= 15 is 0 Å². The molecule has 0 spiro atoms. The minimum absolute atomic E-state index is 0.491. The SMILES string of the molecule is N#Cc1ccc(Br)cc1Oc1ccc(N)cc1. The number of nitrogens with two attached hydrogens (primary N) is 1. The molecular formula is C13H9BrN2O. The molecule has 0 aromatic heterocycles. The molecule has 0 fully saturated rings. The van der Waals surface area contributed by atoms with E-state index in [1.807, 2.05) is 0 Å². The Balaban J connectivity index is 2.32. The Hall–Kier alpha value is -1.99. The molecule has 0 aliphatic rings. The highest BCUT2D eigenvalue weighted by Gasteiger charge is 2.05. The summed E-state index contributed by atoms with van der Waals surface area (Å²) in [6.45, 7) is 0. The zero-order chi connectivity index (χ0) is 12.3. The first-order chi connectivity index (χ1) is 8.19. The van der Waals surface area contributed by atoms with Crippen molar-refractivity contribution < 1.29 is 4.74 Å². The fraction of sp³-hybridized carbons (Fsp3) is 0. The average molecular weight is 289 g/mol. The third-order valence-corrected chi connectivity index (χ3v) is 2.67. The molecule has 2 aromatic carbocycles. The first-order valence-corrected chi connectivity index (χ1v) is 5.71. The number of nitriles is 1. The van der Waals surface area contributed by atoms with Gasteiger partial charge in [-0.15, -0.1) is 0 Å². The van der Waals surface area contributed by atoms with Gasteiger partial charge in [0.1, 0.15) is 17.6 Å². The number of ether oxygens (including phenoxy) is 1. The lowest BCUT2D eigenvalue weighted by Crippen LogP contribution is -1.89. The van der Waals surface area contributed by atoms with Gasteiger partial charge >= 0.3 is 0 Å². The summed E-state index contributed by atoms with van der Waals surface area (Å²) in [5.41, 5.74) is 6.75. The van der Waals surface area contributed by atoms with Crippen LogP contribution in [-0.2, 0) is 0 Å². The number of hydrogen-bond donors (Lipinski definition) is 1. The van der Waals surface area contributed by atoms with Crippen LogP contribution in [0.2, 0.25) is 0 Å². The van der Waals surface area contributed by atoms with Crippen LogP contribution < -0.4 is 10.5 Å². The molecule has 0 amide bonds. The maximum absolute atomic E-state index is 8.97. The molecule has 4 heteroatoms. The van der Waals surface area contributed by atoms with E-state index in [-0.39, 0.29) is 0 Å². The number of nitrogen functional groups attached to an aromatic ring is 1. The van der Waals surface area contributed by atoms with Crippen molar-refractivity contribution in [2.75, 3.05) is 5.73 Å². The highest BCUT2D eigenvalue weighted by atomic mass is 79.9. The topological polar surface area (TPSA) is 59.0 Å². The normalized spacial score (nSPS) is 9.65. The van der Waals surface area contributed by atoms with Gasteiger partial charge in [-0.1, -0.05) is 15.9 Å². The van der Waals surface area contributed by atoms with Gasteiger partial charge in [-0.2, -0.15) is 5.26 Å². The quantitative estimate of drug-likeness (QED) is 0.858. The van der Waals surface area contributed by atoms with E-state index in [0.29, 0.717) is 22.7 Å². The fourth-order valence-electron chi connectivity index (χ4n) is 1.34. The Morgan fingerprint density at radius 1 is 1.12 bits per heavy atom. The monoisotopic (exact) mass is 288 g/mol. The van der Waals surface area contributed by atoms with Gasteiger partial charge in [-0.05, 0) is 42.5 Å². The summed E-state index contributed by atoms with van der Waals surface area (Å²) in [4.78, 5) is 0. The van der Waals surface area contributed by atoms with Gasteiger partial charge < -0.3 is 10.5 Å². The van der Waals surface area contributed by atoms with Crippen LogP contribution in [0.1, 0.15) is 5.56 Å². The molecule has 0 aliphatic heterocycles. The first kappa shape index (κ1) is 11.5. The standard InChI is InChI=1S/C13H9BrN2O/c14-10-2-1-9(8-15)13(7-10)17-12-5-3-11(16)4-6-12/h1-7H,16H2. The van der Waals surface area contributed by atoms with Gasteiger partial charge in [0.05, 0.1) is 5.56 Å². The third-order valence-electron chi connectivity index (χ3n) is 2.17. The molecule has 0 atom stereocenters. The van der Waals surface area contributed by atoms with Crippen LogP contribution in [0.4, 0.5) is 5.69 Å². The number of benzene rings is 2. The zero-order valence-corrected chi connectivity index (χ0v) is 10.4. The molecule has 0 radical (unpaired) electrons. The first-order valence-electron chi connectivity index (χ1n) is 4.92. The smallest absolute Gasteiger partial charge is 0.146 e. The summed E-state index contributed by atoms with van der Waals surface area (Å²) in [6.07, 6.45) is 0. The minimum Gasteiger partial charge on any atom is -0.456 e. The summed E-state index contributed by atoms with van der Waals surface area (Å²) in [7, 11) is 0. The molecule has 0 saturated heterocycles. The number of nitrogens with zero attached hydrogens (tertiary/aromatic N) is 1. The predicted octanol–water partition coefficient (Wildman–Crippen LogP) is 3.70. The van der Waals surface area contributed by atoms with Crippen molar-refractivity contribution in [1.29, 1.82) is 5.26 Å². The van der Waals surface area contributed by atoms with Crippen molar-refractivity contribution in [3.63, 3.8) is 0 Å². The fourth-order valence-corrected chi connectivity index (χ4v) is 1.68. The molecule has 2 rings (SSSR count). The molecule has 2 N–H and O–H groups in total. The number of rotatable bonds is 2. The van der Waals surface area contributed by atoms with Crippen molar-refractivity contribution in [3.8, 4) is 17.6 Å². The van der Waals surface area contributed by atoms with Crippen LogP contribution in [0, 0.1) is 11.3 Å². The van der Waals surface area contributed by atoms with E-state index in [9.17, 15) is 0 Å². The number of halogens is 1. The maximum Gasteiger partial charge on any atom is 0.146 e. The molecule has 3 nitrogen and oxygen atoms in total. The van der Waals surface area contributed by atoms with Crippen LogP contribution in [0.5, 0.6) is 11.5 Å². The molecule has 0 aliphatic carbocycles. The van der Waals surface area contributed by atoms with Gasteiger partial charge in [0.25, 0.3) is 0 Å². The van der Waals surface area contributed by atoms with Crippen LogP contribution >= 0.6 is 15.9 Å². The van der Waals surface area contributed by atoms with E-state index in [2.05, 4.69) is 22.0 Å². The Bertz CT molecular complexity index is 573. The summed E-state index contributed by atoms with van der Waals surface area (Å²) < 4.78 is 6.49. The summed E-state index contributed by atoms with van der Waals surface area (Å²) in [6, 6.07) is 14.4. The van der Waals surface area contributed by atoms with Gasteiger partial charge in [0, 0.05) is 10.2 Å². The highest BCUT2D eigenvalue weighted by Crippen LogP contribution is 2.28. The van der Waals surface area contributed by atoms with Crippen molar-refractivity contribution in [1.82, 2.24) is 0 Å². The van der Waals surface area contributed by atoms with Crippen LogP contribution in [0.15, 0.2) is 46.9 Å². The van der Waals surface area contributed by atoms with Crippen molar-refractivity contribution in [2.24, 2.45) is 0 Å². The Morgan fingerprint density at radius 2 is 1.82 bits per heavy atom. The second kappa shape index (κ2) is 4.89. The lowest BCUT2D eigenvalue weighted by atomic mass is 10.2. The molecule has 17 heavy (non-hydrogen) atoms.